The first-order chi connectivity index (χ1) is 9.14. The van der Waals surface area contributed by atoms with Crippen molar-refractivity contribution in [3.05, 3.63) is 35.9 Å². The SMILES string of the molecule is COC(=O)C1(C)CCC(NCc2ccccc2)CC1. The Morgan fingerprint density at radius 1 is 1.32 bits per heavy atom. The van der Waals surface area contributed by atoms with Crippen LogP contribution in [0.25, 0.3) is 0 Å². The summed E-state index contributed by atoms with van der Waals surface area (Å²) in [7, 11) is 1.48. The first-order valence-corrected chi connectivity index (χ1v) is 7.00. The van der Waals surface area contributed by atoms with E-state index in [0.717, 1.165) is 32.2 Å². The summed E-state index contributed by atoms with van der Waals surface area (Å²) >= 11 is 0. The highest BCUT2D eigenvalue weighted by atomic mass is 16.5. The predicted octanol–water partition coefficient (Wildman–Crippen LogP) is 2.90. The largest absolute Gasteiger partial charge is 0.469 e. The molecule has 0 aliphatic heterocycles. The van der Waals surface area contributed by atoms with E-state index in [-0.39, 0.29) is 11.4 Å². The highest BCUT2D eigenvalue weighted by Crippen LogP contribution is 2.36. The molecule has 2 rings (SSSR count). The van der Waals surface area contributed by atoms with Crippen LogP contribution >= 0.6 is 0 Å². The Morgan fingerprint density at radius 3 is 2.53 bits per heavy atom. The molecule has 1 fully saturated rings. The molecule has 0 radical (unpaired) electrons. The van der Waals surface area contributed by atoms with Crippen molar-refractivity contribution in [2.75, 3.05) is 7.11 Å². The zero-order valence-corrected chi connectivity index (χ0v) is 11.8. The van der Waals surface area contributed by atoms with Crippen LogP contribution in [0.5, 0.6) is 0 Å². The minimum atomic E-state index is -0.278. The third kappa shape index (κ3) is 3.57. The molecule has 1 aliphatic rings. The van der Waals surface area contributed by atoms with Gasteiger partial charge >= 0.3 is 5.97 Å². The van der Waals surface area contributed by atoms with Gasteiger partial charge in [-0.1, -0.05) is 30.3 Å². The van der Waals surface area contributed by atoms with E-state index in [4.69, 9.17) is 4.74 Å². The average Bonchev–Trinajstić information content (AvgIpc) is 2.47. The number of methoxy groups -OCH3 is 1. The summed E-state index contributed by atoms with van der Waals surface area (Å²) in [4.78, 5) is 11.7. The number of ether oxygens (including phenoxy) is 1. The summed E-state index contributed by atoms with van der Waals surface area (Å²) in [5.74, 6) is -0.0611. The van der Waals surface area contributed by atoms with Gasteiger partial charge in [-0.05, 0) is 38.2 Å². The van der Waals surface area contributed by atoms with Crippen molar-refractivity contribution < 1.29 is 9.53 Å². The second-order valence-corrected chi connectivity index (χ2v) is 5.69. The Balaban J connectivity index is 1.79. The normalized spacial score (nSPS) is 26.9. The van der Waals surface area contributed by atoms with Crippen LogP contribution in [0, 0.1) is 5.41 Å². The van der Waals surface area contributed by atoms with Crippen molar-refractivity contribution in [2.24, 2.45) is 5.41 Å². The fourth-order valence-corrected chi connectivity index (χ4v) is 2.77. The Kier molecular flexibility index (Phi) is 4.59. The molecule has 3 nitrogen and oxygen atoms in total. The van der Waals surface area contributed by atoms with Crippen LogP contribution in [0.3, 0.4) is 0 Å². The molecule has 3 heteroatoms. The monoisotopic (exact) mass is 261 g/mol. The van der Waals surface area contributed by atoms with Crippen molar-refractivity contribution in [3.8, 4) is 0 Å². The first-order valence-electron chi connectivity index (χ1n) is 7.00. The van der Waals surface area contributed by atoms with Gasteiger partial charge in [0.1, 0.15) is 0 Å². The van der Waals surface area contributed by atoms with E-state index in [0.29, 0.717) is 6.04 Å². The molecule has 0 saturated heterocycles. The van der Waals surface area contributed by atoms with E-state index in [9.17, 15) is 4.79 Å². The molecule has 1 saturated carbocycles. The van der Waals surface area contributed by atoms with Crippen LogP contribution in [0.1, 0.15) is 38.2 Å². The van der Waals surface area contributed by atoms with Crippen molar-refractivity contribution in [1.29, 1.82) is 0 Å². The maximum absolute atomic E-state index is 11.7. The van der Waals surface area contributed by atoms with Crippen molar-refractivity contribution in [3.63, 3.8) is 0 Å². The molecule has 0 spiro atoms. The summed E-state index contributed by atoms with van der Waals surface area (Å²) in [6.45, 7) is 2.92. The molecule has 0 aromatic heterocycles. The van der Waals surface area contributed by atoms with Gasteiger partial charge in [-0.15, -0.1) is 0 Å². The maximum Gasteiger partial charge on any atom is 0.311 e. The number of benzene rings is 1. The summed E-state index contributed by atoms with van der Waals surface area (Å²) in [5, 5.41) is 3.58. The lowest BCUT2D eigenvalue weighted by atomic mass is 9.74. The molecule has 1 aliphatic carbocycles. The quantitative estimate of drug-likeness (QED) is 0.847. The van der Waals surface area contributed by atoms with E-state index in [2.05, 4.69) is 29.6 Å². The fraction of sp³-hybridized carbons (Fsp3) is 0.562. The van der Waals surface area contributed by atoms with Crippen molar-refractivity contribution in [1.82, 2.24) is 5.32 Å². The summed E-state index contributed by atoms with van der Waals surface area (Å²) in [6.07, 6.45) is 3.90. The Morgan fingerprint density at radius 2 is 1.95 bits per heavy atom. The smallest absolute Gasteiger partial charge is 0.311 e. The third-order valence-electron chi connectivity index (χ3n) is 4.21. The molecule has 1 aromatic rings. The van der Waals surface area contributed by atoms with E-state index in [1.54, 1.807) is 0 Å². The Labute approximate surface area is 115 Å². The molecule has 0 bridgehead atoms. The highest BCUT2D eigenvalue weighted by Gasteiger charge is 2.38. The van der Waals surface area contributed by atoms with Crippen LogP contribution in [0.2, 0.25) is 0 Å². The molecule has 1 aromatic carbocycles. The van der Waals surface area contributed by atoms with E-state index in [1.807, 2.05) is 13.0 Å². The predicted molar refractivity (Wildman–Crippen MR) is 75.7 cm³/mol. The molecule has 0 unspecified atom stereocenters. The van der Waals surface area contributed by atoms with Crippen molar-refractivity contribution >= 4 is 5.97 Å². The topological polar surface area (TPSA) is 38.3 Å². The van der Waals surface area contributed by atoms with Crippen LogP contribution in [-0.4, -0.2) is 19.1 Å². The van der Waals surface area contributed by atoms with E-state index in [1.165, 1.54) is 12.7 Å². The van der Waals surface area contributed by atoms with Crippen LogP contribution in [-0.2, 0) is 16.1 Å². The van der Waals surface area contributed by atoms with Gasteiger partial charge < -0.3 is 10.1 Å². The molecular weight excluding hydrogens is 238 g/mol. The first kappa shape index (κ1) is 14.1. The zero-order valence-electron chi connectivity index (χ0n) is 11.8. The minimum absolute atomic E-state index is 0.0611. The van der Waals surface area contributed by atoms with Gasteiger partial charge in [-0.3, -0.25) is 4.79 Å². The number of nitrogens with one attached hydrogen (secondary N) is 1. The molecule has 0 amide bonds. The van der Waals surface area contributed by atoms with Gasteiger partial charge in [0.05, 0.1) is 12.5 Å². The zero-order chi connectivity index (χ0) is 13.7. The fourth-order valence-electron chi connectivity index (χ4n) is 2.77. The second kappa shape index (κ2) is 6.20. The van der Waals surface area contributed by atoms with E-state index < -0.39 is 0 Å². The molecule has 0 heterocycles. The Bertz CT molecular complexity index is 408. The number of carbonyl (C=O) groups excluding carboxylic acids is 1. The Hall–Kier alpha value is -1.35. The van der Waals surface area contributed by atoms with Gasteiger partial charge in [-0.2, -0.15) is 0 Å². The molecule has 19 heavy (non-hydrogen) atoms. The number of carbonyl (C=O) groups is 1. The van der Waals surface area contributed by atoms with Gasteiger partial charge in [0.15, 0.2) is 0 Å². The lowest BCUT2D eigenvalue weighted by molar-refractivity contribution is -0.153. The van der Waals surface area contributed by atoms with Crippen LogP contribution in [0.4, 0.5) is 0 Å². The average molecular weight is 261 g/mol. The lowest BCUT2D eigenvalue weighted by Gasteiger charge is -2.35. The lowest BCUT2D eigenvalue weighted by Crippen LogP contribution is -2.40. The maximum atomic E-state index is 11.7. The van der Waals surface area contributed by atoms with Gasteiger partial charge in [0.25, 0.3) is 0 Å². The third-order valence-corrected chi connectivity index (χ3v) is 4.21. The molecule has 104 valence electrons. The number of rotatable bonds is 4. The summed E-state index contributed by atoms with van der Waals surface area (Å²) in [5.41, 5.74) is 1.03. The molecule has 1 N–H and O–H groups in total. The second-order valence-electron chi connectivity index (χ2n) is 5.69. The van der Waals surface area contributed by atoms with Crippen LogP contribution in [0.15, 0.2) is 30.3 Å². The van der Waals surface area contributed by atoms with E-state index >= 15 is 0 Å². The summed E-state index contributed by atoms with van der Waals surface area (Å²) in [6, 6.07) is 10.9. The minimum Gasteiger partial charge on any atom is -0.469 e. The molecular formula is C16H23NO2. The number of hydrogen-bond acceptors (Lipinski definition) is 3. The van der Waals surface area contributed by atoms with Gasteiger partial charge in [-0.25, -0.2) is 0 Å². The summed E-state index contributed by atoms with van der Waals surface area (Å²) < 4.78 is 4.90. The van der Waals surface area contributed by atoms with Crippen molar-refractivity contribution in [2.45, 2.75) is 45.2 Å². The molecule has 0 atom stereocenters. The van der Waals surface area contributed by atoms with Gasteiger partial charge in [0.2, 0.25) is 0 Å². The number of esters is 1. The highest BCUT2D eigenvalue weighted by molar-refractivity contribution is 5.76. The number of hydrogen-bond donors (Lipinski definition) is 1. The standard InChI is InChI=1S/C16H23NO2/c1-16(15(18)19-2)10-8-14(9-11-16)17-12-13-6-4-3-5-7-13/h3-7,14,17H,8-12H2,1-2H3. The van der Waals surface area contributed by atoms with Crippen LogP contribution < -0.4 is 5.32 Å². The van der Waals surface area contributed by atoms with Gasteiger partial charge in [0, 0.05) is 12.6 Å².